The van der Waals surface area contributed by atoms with E-state index in [-0.39, 0.29) is 6.04 Å². The van der Waals surface area contributed by atoms with Crippen molar-refractivity contribution in [3.8, 4) is 5.75 Å². The molecule has 0 amide bonds. The molecule has 0 aliphatic heterocycles. The van der Waals surface area contributed by atoms with Gasteiger partial charge in [0.05, 0.1) is 19.8 Å². The van der Waals surface area contributed by atoms with E-state index < -0.39 is 0 Å². The molecule has 0 aliphatic carbocycles. The Hall–Kier alpha value is -1.06. The fourth-order valence-electron chi connectivity index (χ4n) is 1.70. The molecule has 0 fully saturated rings. The predicted octanol–water partition coefficient (Wildman–Crippen LogP) is 2.38. The second-order valence-electron chi connectivity index (χ2n) is 3.70. The van der Waals surface area contributed by atoms with Gasteiger partial charge in [0.15, 0.2) is 0 Å². The lowest BCUT2D eigenvalue weighted by Crippen LogP contribution is -2.26. The maximum absolute atomic E-state index is 5.36. The average molecular weight is 223 g/mol. The van der Waals surface area contributed by atoms with Crippen LogP contribution in [0.25, 0.3) is 0 Å². The Bertz CT molecular complexity index is 302. The van der Waals surface area contributed by atoms with E-state index >= 15 is 0 Å². The van der Waals surface area contributed by atoms with Gasteiger partial charge in [0.1, 0.15) is 5.75 Å². The highest BCUT2D eigenvalue weighted by Crippen LogP contribution is 2.24. The Morgan fingerprint density at radius 1 is 1.25 bits per heavy atom. The van der Waals surface area contributed by atoms with Gasteiger partial charge in [0, 0.05) is 12.7 Å². The third-order valence-corrected chi connectivity index (χ3v) is 2.49. The molecule has 0 saturated heterocycles. The molecule has 0 saturated carbocycles. The molecular weight excluding hydrogens is 202 g/mol. The zero-order chi connectivity index (χ0) is 11.8. The van der Waals surface area contributed by atoms with Gasteiger partial charge in [0.2, 0.25) is 0 Å². The lowest BCUT2D eigenvalue weighted by atomic mass is 10.1. The van der Waals surface area contributed by atoms with Crippen molar-refractivity contribution in [2.45, 2.75) is 19.4 Å². The summed E-state index contributed by atoms with van der Waals surface area (Å²) >= 11 is 0. The van der Waals surface area contributed by atoms with E-state index in [0.717, 1.165) is 24.3 Å². The van der Waals surface area contributed by atoms with Gasteiger partial charge in [-0.1, -0.05) is 25.1 Å². The Morgan fingerprint density at radius 3 is 2.62 bits per heavy atom. The van der Waals surface area contributed by atoms with Crippen LogP contribution >= 0.6 is 0 Å². The Labute approximate surface area is 97.8 Å². The van der Waals surface area contributed by atoms with Crippen LogP contribution in [0.2, 0.25) is 0 Å². The first-order chi connectivity index (χ1) is 7.83. The number of hydrogen-bond donors (Lipinski definition) is 1. The van der Waals surface area contributed by atoms with Crippen LogP contribution in [0.3, 0.4) is 0 Å². The molecule has 3 nitrogen and oxygen atoms in total. The lowest BCUT2D eigenvalue weighted by Gasteiger charge is -2.20. The fraction of sp³-hybridized carbons (Fsp3) is 0.538. The highest BCUT2D eigenvalue weighted by Gasteiger charge is 2.14. The quantitative estimate of drug-likeness (QED) is 0.770. The summed E-state index contributed by atoms with van der Waals surface area (Å²) in [6.45, 7) is 3.78. The van der Waals surface area contributed by atoms with Crippen LogP contribution in [-0.2, 0) is 4.74 Å². The third-order valence-electron chi connectivity index (χ3n) is 2.49. The molecule has 0 bridgehead atoms. The molecule has 16 heavy (non-hydrogen) atoms. The van der Waals surface area contributed by atoms with Gasteiger partial charge >= 0.3 is 0 Å². The molecule has 0 heterocycles. The fourth-order valence-corrected chi connectivity index (χ4v) is 1.70. The molecule has 1 rings (SSSR count). The van der Waals surface area contributed by atoms with Crippen LogP contribution in [0.4, 0.5) is 0 Å². The van der Waals surface area contributed by atoms with E-state index in [9.17, 15) is 0 Å². The molecule has 1 atom stereocenters. The maximum Gasteiger partial charge on any atom is 0.123 e. The van der Waals surface area contributed by atoms with E-state index in [1.165, 1.54) is 0 Å². The van der Waals surface area contributed by atoms with E-state index in [1.54, 1.807) is 14.2 Å². The van der Waals surface area contributed by atoms with Crippen molar-refractivity contribution in [1.82, 2.24) is 5.32 Å². The summed E-state index contributed by atoms with van der Waals surface area (Å²) in [6.07, 6.45) is 1.11. The van der Waals surface area contributed by atoms with Gasteiger partial charge in [-0.3, -0.25) is 0 Å². The summed E-state index contributed by atoms with van der Waals surface area (Å²) in [5, 5.41) is 3.46. The predicted molar refractivity (Wildman–Crippen MR) is 65.9 cm³/mol. The topological polar surface area (TPSA) is 30.5 Å². The smallest absolute Gasteiger partial charge is 0.123 e. The van der Waals surface area contributed by atoms with E-state index in [4.69, 9.17) is 9.47 Å². The first-order valence-electron chi connectivity index (χ1n) is 5.68. The summed E-state index contributed by atoms with van der Waals surface area (Å²) in [4.78, 5) is 0. The minimum Gasteiger partial charge on any atom is -0.496 e. The molecule has 0 spiro atoms. The van der Waals surface area contributed by atoms with Crippen LogP contribution in [0.1, 0.15) is 24.9 Å². The van der Waals surface area contributed by atoms with Crippen LogP contribution < -0.4 is 10.1 Å². The number of ether oxygens (including phenoxy) is 2. The average Bonchev–Trinajstić information content (AvgIpc) is 2.34. The molecule has 0 radical (unpaired) electrons. The third kappa shape index (κ3) is 3.51. The number of benzene rings is 1. The largest absolute Gasteiger partial charge is 0.496 e. The van der Waals surface area contributed by atoms with Crippen LogP contribution in [-0.4, -0.2) is 27.4 Å². The van der Waals surface area contributed by atoms with Gasteiger partial charge in [-0.05, 0) is 19.0 Å². The molecular formula is C13H21NO2. The summed E-state index contributed by atoms with van der Waals surface area (Å²) in [5.74, 6) is 0.910. The van der Waals surface area contributed by atoms with Gasteiger partial charge in [-0.2, -0.15) is 0 Å². The minimum absolute atomic E-state index is 0.195. The number of nitrogens with one attached hydrogen (secondary N) is 1. The Morgan fingerprint density at radius 2 is 2.00 bits per heavy atom. The van der Waals surface area contributed by atoms with E-state index in [1.807, 2.05) is 18.2 Å². The second kappa shape index (κ2) is 7.25. The highest BCUT2D eigenvalue weighted by atomic mass is 16.5. The Balaban J connectivity index is 2.81. The molecule has 1 aromatic carbocycles. The Kier molecular flexibility index (Phi) is 5.90. The van der Waals surface area contributed by atoms with Crippen molar-refractivity contribution in [2.75, 3.05) is 27.4 Å². The number of para-hydroxylation sites is 1. The molecule has 3 heteroatoms. The van der Waals surface area contributed by atoms with Gasteiger partial charge < -0.3 is 14.8 Å². The lowest BCUT2D eigenvalue weighted by molar-refractivity contribution is 0.165. The first-order valence-corrected chi connectivity index (χ1v) is 5.68. The molecule has 1 unspecified atom stereocenters. The maximum atomic E-state index is 5.36. The van der Waals surface area contributed by atoms with Gasteiger partial charge in [-0.25, -0.2) is 0 Å². The monoisotopic (exact) mass is 223 g/mol. The molecule has 90 valence electrons. The van der Waals surface area contributed by atoms with Crippen molar-refractivity contribution in [2.24, 2.45) is 0 Å². The van der Waals surface area contributed by atoms with Crippen molar-refractivity contribution in [3.63, 3.8) is 0 Å². The molecule has 1 N–H and O–H groups in total. The minimum atomic E-state index is 0.195. The number of hydrogen-bond acceptors (Lipinski definition) is 3. The zero-order valence-electron chi connectivity index (χ0n) is 10.3. The molecule has 0 aliphatic rings. The summed E-state index contributed by atoms with van der Waals surface area (Å²) in [6, 6.07) is 8.25. The summed E-state index contributed by atoms with van der Waals surface area (Å²) in [7, 11) is 3.42. The van der Waals surface area contributed by atoms with Crippen molar-refractivity contribution in [1.29, 1.82) is 0 Å². The van der Waals surface area contributed by atoms with Crippen LogP contribution in [0, 0.1) is 0 Å². The van der Waals surface area contributed by atoms with Crippen LogP contribution in [0.5, 0.6) is 5.75 Å². The molecule has 1 aromatic rings. The van der Waals surface area contributed by atoms with Crippen molar-refractivity contribution >= 4 is 0 Å². The SMILES string of the molecule is CCCNC(COC)c1ccccc1OC. The normalized spacial score (nSPS) is 12.4. The number of methoxy groups -OCH3 is 2. The number of rotatable bonds is 7. The summed E-state index contributed by atoms with van der Waals surface area (Å²) in [5.41, 5.74) is 1.15. The highest BCUT2D eigenvalue weighted by molar-refractivity contribution is 5.35. The second-order valence-corrected chi connectivity index (χ2v) is 3.70. The van der Waals surface area contributed by atoms with Crippen molar-refractivity contribution < 1.29 is 9.47 Å². The van der Waals surface area contributed by atoms with Crippen LogP contribution in [0.15, 0.2) is 24.3 Å². The van der Waals surface area contributed by atoms with E-state index in [0.29, 0.717) is 6.61 Å². The van der Waals surface area contributed by atoms with Crippen molar-refractivity contribution in [3.05, 3.63) is 29.8 Å². The van der Waals surface area contributed by atoms with E-state index in [2.05, 4.69) is 18.3 Å². The van der Waals surface area contributed by atoms with Gasteiger partial charge in [-0.15, -0.1) is 0 Å². The first kappa shape index (κ1) is 13.0. The standard InChI is InChI=1S/C13H21NO2/c1-4-9-14-12(10-15-2)11-7-5-6-8-13(11)16-3/h5-8,12,14H,4,9-10H2,1-3H3. The van der Waals surface area contributed by atoms with Gasteiger partial charge in [0.25, 0.3) is 0 Å². The summed E-state index contributed by atoms with van der Waals surface area (Å²) < 4.78 is 10.6. The zero-order valence-corrected chi connectivity index (χ0v) is 10.3. The molecule has 0 aromatic heterocycles.